The quantitative estimate of drug-likeness (QED) is 0.888. The molecule has 0 unspecified atom stereocenters. The van der Waals surface area contributed by atoms with Crippen LogP contribution < -0.4 is 5.14 Å². The fourth-order valence-corrected chi connectivity index (χ4v) is 2.61. The van der Waals surface area contributed by atoms with E-state index in [0.29, 0.717) is 18.1 Å². The predicted octanol–water partition coefficient (Wildman–Crippen LogP) is 0.624. The maximum absolute atomic E-state index is 11.4. The number of primary sulfonamides is 1. The highest BCUT2D eigenvalue weighted by Crippen LogP contribution is 2.19. The van der Waals surface area contributed by atoms with Gasteiger partial charge in [0.1, 0.15) is 5.69 Å². The van der Waals surface area contributed by atoms with Crippen LogP contribution in [0.25, 0.3) is 11.5 Å². The number of aryl methyl sites for hydroxylation is 2. The smallest absolute Gasteiger partial charge is 0.273 e. The molecule has 0 aliphatic carbocycles. The van der Waals surface area contributed by atoms with E-state index in [-0.39, 0.29) is 5.16 Å². The minimum atomic E-state index is -3.89. The van der Waals surface area contributed by atoms with E-state index in [0.717, 1.165) is 11.3 Å². The molecule has 0 spiro atoms. The summed E-state index contributed by atoms with van der Waals surface area (Å²) in [7, 11) is -3.89. The molecule has 0 fully saturated rings. The Balaban J connectivity index is 2.67. The maximum Gasteiger partial charge on any atom is 0.273 e. The van der Waals surface area contributed by atoms with Gasteiger partial charge in [0, 0.05) is 12.2 Å². The average molecular weight is 281 g/mol. The summed E-state index contributed by atoms with van der Waals surface area (Å²) in [5.41, 5.74) is 2.44. The van der Waals surface area contributed by atoms with Gasteiger partial charge in [0.05, 0.1) is 0 Å². The van der Waals surface area contributed by atoms with Crippen molar-refractivity contribution in [2.24, 2.45) is 5.14 Å². The van der Waals surface area contributed by atoms with Crippen molar-refractivity contribution < 1.29 is 8.42 Å². The van der Waals surface area contributed by atoms with Crippen LogP contribution in [-0.2, 0) is 16.6 Å². The highest BCUT2D eigenvalue weighted by atomic mass is 32.2. The summed E-state index contributed by atoms with van der Waals surface area (Å²) in [6.07, 6.45) is 0. The fourth-order valence-electron chi connectivity index (χ4n) is 1.93. The van der Waals surface area contributed by atoms with Crippen molar-refractivity contribution in [1.82, 2.24) is 19.7 Å². The van der Waals surface area contributed by atoms with Gasteiger partial charge in [-0.25, -0.2) is 18.5 Å². The Bertz CT molecular complexity index is 700. The normalized spacial score (nSPS) is 11.8. The first kappa shape index (κ1) is 13.6. The molecule has 0 aliphatic heterocycles. The lowest BCUT2D eigenvalue weighted by Crippen LogP contribution is -2.18. The Morgan fingerprint density at radius 1 is 1.26 bits per heavy atom. The molecule has 19 heavy (non-hydrogen) atoms. The van der Waals surface area contributed by atoms with Crippen LogP contribution in [0.3, 0.4) is 0 Å². The van der Waals surface area contributed by atoms with Crippen molar-refractivity contribution in [2.75, 3.05) is 0 Å². The third-order valence-electron chi connectivity index (χ3n) is 2.61. The largest absolute Gasteiger partial charge is 0.296 e. The Hall–Kier alpha value is -1.80. The third kappa shape index (κ3) is 2.64. The highest BCUT2D eigenvalue weighted by molar-refractivity contribution is 7.89. The van der Waals surface area contributed by atoms with E-state index in [1.54, 1.807) is 6.92 Å². The Morgan fingerprint density at radius 3 is 2.47 bits per heavy atom. The van der Waals surface area contributed by atoms with Crippen molar-refractivity contribution in [3.05, 3.63) is 23.4 Å². The van der Waals surface area contributed by atoms with Crippen LogP contribution in [0.1, 0.15) is 18.2 Å². The van der Waals surface area contributed by atoms with E-state index in [2.05, 4.69) is 15.2 Å². The predicted molar refractivity (Wildman–Crippen MR) is 69.8 cm³/mol. The van der Waals surface area contributed by atoms with E-state index in [4.69, 9.17) is 5.14 Å². The zero-order chi connectivity index (χ0) is 14.2. The molecule has 7 nitrogen and oxygen atoms in total. The number of aromatic nitrogens is 4. The molecule has 2 N–H and O–H groups in total. The highest BCUT2D eigenvalue weighted by Gasteiger charge is 2.21. The van der Waals surface area contributed by atoms with Crippen LogP contribution in [0.4, 0.5) is 0 Å². The van der Waals surface area contributed by atoms with Gasteiger partial charge in [-0.1, -0.05) is 0 Å². The van der Waals surface area contributed by atoms with Crippen molar-refractivity contribution >= 4 is 10.0 Å². The van der Waals surface area contributed by atoms with Crippen molar-refractivity contribution in [2.45, 2.75) is 32.5 Å². The molecule has 0 radical (unpaired) electrons. The fraction of sp³-hybridized carbons (Fsp3) is 0.364. The zero-order valence-corrected chi connectivity index (χ0v) is 11.8. The van der Waals surface area contributed by atoms with Crippen LogP contribution in [0, 0.1) is 13.8 Å². The molecule has 2 rings (SSSR count). The van der Waals surface area contributed by atoms with Gasteiger partial charge >= 0.3 is 0 Å². The van der Waals surface area contributed by atoms with Gasteiger partial charge in [-0.05, 0) is 38.5 Å². The molecule has 0 saturated heterocycles. The van der Waals surface area contributed by atoms with Crippen molar-refractivity contribution in [1.29, 1.82) is 0 Å². The number of sulfonamides is 1. The maximum atomic E-state index is 11.4. The number of hydrogen-bond acceptors (Lipinski definition) is 5. The lowest BCUT2D eigenvalue weighted by atomic mass is 10.2. The Labute approximate surface area is 111 Å². The number of pyridine rings is 1. The van der Waals surface area contributed by atoms with E-state index >= 15 is 0 Å². The second-order valence-corrected chi connectivity index (χ2v) is 5.72. The Morgan fingerprint density at radius 2 is 1.95 bits per heavy atom. The van der Waals surface area contributed by atoms with Gasteiger partial charge in [0.25, 0.3) is 15.2 Å². The summed E-state index contributed by atoms with van der Waals surface area (Å²) >= 11 is 0. The minimum Gasteiger partial charge on any atom is -0.296 e. The number of nitrogens with two attached hydrogens (primary N) is 1. The number of hydrogen-bond donors (Lipinski definition) is 1. The van der Waals surface area contributed by atoms with Crippen molar-refractivity contribution in [3.63, 3.8) is 0 Å². The lowest BCUT2D eigenvalue weighted by molar-refractivity contribution is 0.570. The molecule has 0 atom stereocenters. The summed E-state index contributed by atoms with van der Waals surface area (Å²) in [4.78, 5) is 4.35. The average Bonchev–Trinajstić information content (AvgIpc) is 2.70. The molecule has 2 aromatic rings. The van der Waals surface area contributed by atoms with Crippen LogP contribution in [0.15, 0.2) is 17.3 Å². The van der Waals surface area contributed by atoms with Gasteiger partial charge < -0.3 is 0 Å². The van der Waals surface area contributed by atoms with Crippen molar-refractivity contribution in [3.8, 4) is 11.5 Å². The van der Waals surface area contributed by atoms with Crippen LogP contribution >= 0.6 is 0 Å². The summed E-state index contributed by atoms with van der Waals surface area (Å²) in [6.45, 7) is 5.99. The molecule has 2 aromatic heterocycles. The van der Waals surface area contributed by atoms with E-state index in [1.807, 2.05) is 26.0 Å². The molecule has 0 bridgehead atoms. The molecule has 0 aromatic carbocycles. The van der Waals surface area contributed by atoms with E-state index in [1.165, 1.54) is 4.57 Å². The Kier molecular flexibility index (Phi) is 3.38. The van der Waals surface area contributed by atoms with Crippen LogP contribution in [-0.4, -0.2) is 28.2 Å². The lowest BCUT2D eigenvalue weighted by Gasteiger charge is -2.07. The first-order valence-corrected chi connectivity index (χ1v) is 7.29. The molecule has 2 heterocycles. The minimum absolute atomic E-state index is 0.244. The molecule has 0 amide bonds. The third-order valence-corrected chi connectivity index (χ3v) is 3.43. The zero-order valence-electron chi connectivity index (χ0n) is 11.0. The first-order chi connectivity index (χ1) is 8.82. The molecule has 0 saturated carbocycles. The van der Waals surface area contributed by atoms with Gasteiger partial charge in [-0.15, -0.1) is 10.2 Å². The first-order valence-electron chi connectivity index (χ1n) is 5.74. The van der Waals surface area contributed by atoms with Crippen LogP contribution in [0.5, 0.6) is 0 Å². The number of nitrogens with zero attached hydrogens (tertiary/aromatic N) is 4. The summed E-state index contributed by atoms with van der Waals surface area (Å²) < 4.78 is 24.3. The summed E-state index contributed by atoms with van der Waals surface area (Å²) in [6, 6.07) is 3.76. The van der Waals surface area contributed by atoms with Gasteiger partial charge in [-0.2, -0.15) is 0 Å². The molecule has 0 aliphatic rings. The standard InChI is InChI=1S/C11H15N5O2S/c1-4-16-10(14-15-11(16)19(12,17)18)9-6-7(2)5-8(3)13-9/h5-6H,4H2,1-3H3,(H2,12,17,18). The van der Waals surface area contributed by atoms with Gasteiger partial charge in [0.2, 0.25) is 0 Å². The second kappa shape index (κ2) is 4.71. The summed E-state index contributed by atoms with van der Waals surface area (Å²) in [5, 5.41) is 12.4. The van der Waals surface area contributed by atoms with Gasteiger partial charge in [0.15, 0.2) is 5.82 Å². The summed E-state index contributed by atoms with van der Waals surface area (Å²) in [5.74, 6) is 0.401. The SMILES string of the molecule is CCn1c(-c2cc(C)cc(C)n2)nnc1S(N)(=O)=O. The van der Waals surface area contributed by atoms with Gasteiger partial charge in [-0.3, -0.25) is 4.57 Å². The van der Waals surface area contributed by atoms with Crippen LogP contribution in [0.2, 0.25) is 0 Å². The topological polar surface area (TPSA) is 104 Å². The second-order valence-electron chi connectivity index (χ2n) is 4.27. The monoisotopic (exact) mass is 281 g/mol. The molecular weight excluding hydrogens is 266 g/mol. The van der Waals surface area contributed by atoms with E-state index < -0.39 is 10.0 Å². The molecular formula is C11H15N5O2S. The molecule has 8 heteroatoms. The molecule has 102 valence electrons. The number of rotatable bonds is 3. The van der Waals surface area contributed by atoms with E-state index in [9.17, 15) is 8.42 Å².